The zero-order valence-electron chi connectivity index (χ0n) is 10.7. The van der Waals surface area contributed by atoms with Crippen LogP contribution in [0.25, 0.3) is 0 Å². The zero-order valence-corrected chi connectivity index (χ0v) is 10.7. The van der Waals surface area contributed by atoms with Gasteiger partial charge in [0.2, 0.25) is 5.91 Å². The van der Waals surface area contributed by atoms with Gasteiger partial charge < -0.3 is 9.64 Å². The second kappa shape index (κ2) is 4.78. The van der Waals surface area contributed by atoms with Crippen LogP contribution in [-0.2, 0) is 11.2 Å². The van der Waals surface area contributed by atoms with Crippen LogP contribution in [0.3, 0.4) is 0 Å². The summed E-state index contributed by atoms with van der Waals surface area (Å²) < 4.78 is 5.25. The molecular formula is C14H19NO2. The van der Waals surface area contributed by atoms with E-state index in [0.717, 1.165) is 24.3 Å². The molecule has 3 heteroatoms. The monoisotopic (exact) mass is 233 g/mol. The minimum Gasteiger partial charge on any atom is -0.497 e. The summed E-state index contributed by atoms with van der Waals surface area (Å²) in [7, 11) is 1.65. The Bertz CT molecular complexity index is 426. The summed E-state index contributed by atoms with van der Waals surface area (Å²) in [5.41, 5.74) is 2.26. The molecule has 0 atom stereocenters. The Labute approximate surface area is 102 Å². The first kappa shape index (κ1) is 12.0. The average Bonchev–Trinajstić information content (AvgIpc) is 2.46. The van der Waals surface area contributed by atoms with Crippen molar-refractivity contribution in [2.75, 3.05) is 12.0 Å². The molecule has 1 heterocycles. The van der Waals surface area contributed by atoms with Crippen molar-refractivity contribution in [3.05, 3.63) is 23.8 Å². The maximum atomic E-state index is 12.1. The highest BCUT2D eigenvalue weighted by molar-refractivity contribution is 5.95. The molecule has 0 N–H and O–H groups in total. The molecule has 0 bridgehead atoms. The van der Waals surface area contributed by atoms with E-state index in [0.29, 0.717) is 6.42 Å². The predicted octanol–water partition coefficient (Wildman–Crippen LogP) is 2.77. The first-order valence-corrected chi connectivity index (χ1v) is 6.12. The van der Waals surface area contributed by atoms with Crippen LogP contribution in [0.2, 0.25) is 0 Å². The molecule has 1 aromatic rings. The number of rotatable bonds is 2. The van der Waals surface area contributed by atoms with E-state index in [-0.39, 0.29) is 11.9 Å². The number of anilines is 1. The number of fused-ring (bicyclic) bond motifs is 1. The summed E-state index contributed by atoms with van der Waals surface area (Å²) in [6.07, 6.45) is 2.53. The van der Waals surface area contributed by atoms with Gasteiger partial charge in [-0.2, -0.15) is 0 Å². The molecule has 92 valence electrons. The van der Waals surface area contributed by atoms with E-state index in [1.54, 1.807) is 7.11 Å². The van der Waals surface area contributed by atoms with E-state index < -0.39 is 0 Å². The fraction of sp³-hybridized carbons (Fsp3) is 0.500. The van der Waals surface area contributed by atoms with Crippen molar-refractivity contribution in [1.82, 2.24) is 0 Å². The van der Waals surface area contributed by atoms with Gasteiger partial charge in [0.05, 0.1) is 12.8 Å². The number of nitrogens with zero attached hydrogens (tertiary/aromatic N) is 1. The number of ether oxygens (including phenoxy) is 1. The molecule has 0 fully saturated rings. The third-order valence-electron chi connectivity index (χ3n) is 3.17. The molecule has 0 spiro atoms. The molecule has 0 radical (unpaired) electrons. The summed E-state index contributed by atoms with van der Waals surface area (Å²) in [4.78, 5) is 14.0. The molecule has 0 aliphatic carbocycles. The normalized spacial score (nSPS) is 15.8. The smallest absolute Gasteiger partial charge is 0.227 e. The van der Waals surface area contributed by atoms with Gasteiger partial charge in [0, 0.05) is 18.5 Å². The Morgan fingerprint density at radius 3 is 2.71 bits per heavy atom. The second-order valence-corrected chi connectivity index (χ2v) is 4.71. The van der Waals surface area contributed by atoms with Gasteiger partial charge in [0.15, 0.2) is 0 Å². The van der Waals surface area contributed by atoms with Crippen LogP contribution >= 0.6 is 0 Å². The van der Waals surface area contributed by atoms with Crippen molar-refractivity contribution < 1.29 is 9.53 Å². The molecular weight excluding hydrogens is 214 g/mol. The average molecular weight is 233 g/mol. The Morgan fingerprint density at radius 2 is 2.06 bits per heavy atom. The van der Waals surface area contributed by atoms with E-state index in [1.165, 1.54) is 5.56 Å². The summed E-state index contributed by atoms with van der Waals surface area (Å²) in [6, 6.07) is 6.19. The Kier molecular flexibility index (Phi) is 3.36. The van der Waals surface area contributed by atoms with Gasteiger partial charge in [-0.25, -0.2) is 0 Å². The van der Waals surface area contributed by atoms with Crippen molar-refractivity contribution in [3.63, 3.8) is 0 Å². The van der Waals surface area contributed by atoms with E-state index in [4.69, 9.17) is 4.74 Å². The highest BCUT2D eigenvalue weighted by Crippen LogP contribution is 2.31. The largest absolute Gasteiger partial charge is 0.497 e. The molecule has 0 aromatic heterocycles. The van der Waals surface area contributed by atoms with Crippen molar-refractivity contribution in [1.29, 1.82) is 0 Å². The number of carbonyl (C=O) groups is 1. The molecule has 1 aliphatic rings. The summed E-state index contributed by atoms with van der Waals surface area (Å²) in [6.45, 7) is 4.10. The molecule has 0 saturated heterocycles. The minimum atomic E-state index is 0.187. The first-order chi connectivity index (χ1) is 8.13. The Balaban J connectivity index is 2.50. The number of hydrogen-bond acceptors (Lipinski definition) is 2. The topological polar surface area (TPSA) is 29.5 Å². The number of amides is 1. The van der Waals surface area contributed by atoms with E-state index in [2.05, 4.69) is 6.07 Å². The lowest BCUT2D eigenvalue weighted by Crippen LogP contribution is -2.36. The summed E-state index contributed by atoms with van der Waals surface area (Å²) >= 11 is 0. The predicted molar refractivity (Wildman–Crippen MR) is 68.6 cm³/mol. The SMILES string of the molecule is COc1ccc2c(c1)N(C(C)C)C(=O)CCC2. The van der Waals surface area contributed by atoms with Gasteiger partial charge in [-0.05, 0) is 38.3 Å². The van der Waals surface area contributed by atoms with E-state index >= 15 is 0 Å². The molecule has 0 unspecified atom stereocenters. The lowest BCUT2D eigenvalue weighted by Gasteiger charge is -2.27. The number of hydrogen-bond donors (Lipinski definition) is 0. The quantitative estimate of drug-likeness (QED) is 0.786. The number of carbonyl (C=O) groups excluding carboxylic acids is 1. The van der Waals surface area contributed by atoms with Crippen LogP contribution in [0.4, 0.5) is 5.69 Å². The third kappa shape index (κ3) is 2.28. The molecule has 1 aliphatic heterocycles. The summed E-state index contributed by atoms with van der Waals surface area (Å²) in [5, 5.41) is 0. The lowest BCUT2D eigenvalue weighted by molar-refractivity contribution is -0.118. The van der Waals surface area contributed by atoms with Crippen molar-refractivity contribution in [2.45, 2.75) is 39.2 Å². The lowest BCUT2D eigenvalue weighted by atomic mass is 10.1. The molecule has 3 nitrogen and oxygen atoms in total. The first-order valence-electron chi connectivity index (χ1n) is 6.12. The maximum absolute atomic E-state index is 12.1. The third-order valence-corrected chi connectivity index (χ3v) is 3.17. The Hall–Kier alpha value is -1.51. The standard InChI is InChI=1S/C14H19NO2/c1-10(2)15-13-9-12(17-3)8-7-11(13)5-4-6-14(15)16/h7-10H,4-6H2,1-3H3. The van der Waals surface area contributed by atoms with Crippen LogP contribution < -0.4 is 9.64 Å². The van der Waals surface area contributed by atoms with Gasteiger partial charge in [-0.1, -0.05) is 6.07 Å². The molecule has 1 amide bonds. The van der Waals surface area contributed by atoms with Gasteiger partial charge in [-0.15, -0.1) is 0 Å². The van der Waals surface area contributed by atoms with E-state index in [1.807, 2.05) is 30.9 Å². The fourth-order valence-corrected chi connectivity index (χ4v) is 2.36. The molecule has 0 saturated carbocycles. The van der Waals surface area contributed by atoms with Gasteiger partial charge in [-0.3, -0.25) is 4.79 Å². The molecule has 17 heavy (non-hydrogen) atoms. The number of benzene rings is 1. The maximum Gasteiger partial charge on any atom is 0.227 e. The van der Waals surface area contributed by atoms with E-state index in [9.17, 15) is 4.79 Å². The number of aryl methyl sites for hydroxylation is 1. The van der Waals surface area contributed by atoms with Gasteiger partial charge in [0.1, 0.15) is 5.75 Å². The second-order valence-electron chi connectivity index (χ2n) is 4.71. The zero-order chi connectivity index (χ0) is 12.4. The van der Waals surface area contributed by atoms with Crippen LogP contribution in [0.15, 0.2) is 18.2 Å². The van der Waals surface area contributed by atoms with Gasteiger partial charge >= 0.3 is 0 Å². The van der Waals surface area contributed by atoms with Crippen molar-refractivity contribution in [2.24, 2.45) is 0 Å². The van der Waals surface area contributed by atoms with Crippen LogP contribution in [0, 0.1) is 0 Å². The van der Waals surface area contributed by atoms with Crippen LogP contribution in [0.5, 0.6) is 5.75 Å². The van der Waals surface area contributed by atoms with Crippen molar-refractivity contribution >= 4 is 11.6 Å². The fourth-order valence-electron chi connectivity index (χ4n) is 2.36. The Morgan fingerprint density at radius 1 is 1.29 bits per heavy atom. The van der Waals surface area contributed by atoms with Crippen molar-refractivity contribution in [3.8, 4) is 5.75 Å². The van der Waals surface area contributed by atoms with Gasteiger partial charge in [0.25, 0.3) is 0 Å². The highest BCUT2D eigenvalue weighted by atomic mass is 16.5. The minimum absolute atomic E-state index is 0.187. The van der Waals surface area contributed by atoms with Crippen LogP contribution in [-0.4, -0.2) is 19.1 Å². The highest BCUT2D eigenvalue weighted by Gasteiger charge is 2.24. The summed E-state index contributed by atoms with van der Waals surface area (Å²) in [5.74, 6) is 1.02. The molecule has 2 rings (SSSR count). The molecule has 1 aromatic carbocycles. The number of methoxy groups -OCH3 is 1. The van der Waals surface area contributed by atoms with Crippen LogP contribution in [0.1, 0.15) is 32.3 Å².